The third-order valence-electron chi connectivity index (χ3n) is 5.59. The number of ether oxygens (including phenoxy) is 1. The molecule has 0 bridgehead atoms. The molecule has 0 aliphatic carbocycles. The summed E-state index contributed by atoms with van der Waals surface area (Å²) in [6, 6.07) is 30.9. The van der Waals surface area contributed by atoms with Crippen molar-refractivity contribution in [3.05, 3.63) is 125 Å². The van der Waals surface area contributed by atoms with E-state index < -0.39 is 5.92 Å². The number of rotatable bonds is 7. The molecule has 0 fully saturated rings. The SMILES string of the molecule is COc1cc(NC(=S)NC(=O)C(c2ccccc2)c2ccccc2)ccc1NC(=O)c1ccccc1Cl. The van der Waals surface area contributed by atoms with Crippen LogP contribution >= 0.6 is 23.8 Å². The van der Waals surface area contributed by atoms with Gasteiger partial charge >= 0.3 is 0 Å². The molecule has 0 aliphatic heterocycles. The van der Waals surface area contributed by atoms with Crippen molar-refractivity contribution in [2.24, 2.45) is 0 Å². The van der Waals surface area contributed by atoms with Crippen molar-refractivity contribution in [3.63, 3.8) is 0 Å². The van der Waals surface area contributed by atoms with Crippen molar-refractivity contribution in [3.8, 4) is 5.75 Å². The molecule has 0 spiro atoms. The summed E-state index contributed by atoms with van der Waals surface area (Å²) in [4.78, 5) is 25.9. The number of hydrogen-bond acceptors (Lipinski definition) is 4. The Morgan fingerprint density at radius 2 is 1.41 bits per heavy atom. The topological polar surface area (TPSA) is 79.5 Å². The highest BCUT2D eigenvalue weighted by Crippen LogP contribution is 2.29. The Hall–Kier alpha value is -4.20. The minimum absolute atomic E-state index is 0.136. The van der Waals surface area contributed by atoms with Crippen LogP contribution < -0.4 is 20.7 Å². The molecular weight excluding hydrogens is 506 g/mol. The monoisotopic (exact) mass is 529 g/mol. The number of methoxy groups -OCH3 is 1. The van der Waals surface area contributed by atoms with E-state index in [1.54, 1.807) is 42.5 Å². The molecule has 0 aromatic heterocycles. The van der Waals surface area contributed by atoms with Crippen molar-refractivity contribution in [1.82, 2.24) is 5.32 Å². The van der Waals surface area contributed by atoms with E-state index >= 15 is 0 Å². The summed E-state index contributed by atoms with van der Waals surface area (Å²) in [6.45, 7) is 0. The highest BCUT2D eigenvalue weighted by atomic mass is 35.5. The predicted molar refractivity (Wildman–Crippen MR) is 151 cm³/mol. The first-order valence-corrected chi connectivity index (χ1v) is 12.2. The zero-order valence-electron chi connectivity index (χ0n) is 19.9. The van der Waals surface area contributed by atoms with Gasteiger partial charge < -0.3 is 20.7 Å². The number of carbonyl (C=O) groups is 2. The second-order valence-electron chi connectivity index (χ2n) is 8.05. The molecule has 0 atom stereocenters. The fourth-order valence-corrected chi connectivity index (χ4v) is 4.28. The molecule has 6 nitrogen and oxygen atoms in total. The van der Waals surface area contributed by atoms with E-state index in [2.05, 4.69) is 16.0 Å². The van der Waals surface area contributed by atoms with Crippen LogP contribution in [0.2, 0.25) is 5.02 Å². The molecule has 0 saturated carbocycles. The van der Waals surface area contributed by atoms with Crippen LogP contribution in [0.5, 0.6) is 5.75 Å². The first-order chi connectivity index (χ1) is 18.0. The molecule has 186 valence electrons. The van der Waals surface area contributed by atoms with Gasteiger partial charge in [-0.05, 0) is 47.6 Å². The summed E-state index contributed by atoms with van der Waals surface area (Å²) in [7, 11) is 1.49. The average Bonchev–Trinajstić information content (AvgIpc) is 2.91. The Kier molecular flexibility index (Phi) is 8.51. The van der Waals surface area contributed by atoms with Gasteiger partial charge in [-0.25, -0.2) is 0 Å². The van der Waals surface area contributed by atoms with Gasteiger partial charge in [0.2, 0.25) is 5.91 Å². The molecule has 3 N–H and O–H groups in total. The highest BCUT2D eigenvalue weighted by Gasteiger charge is 2.23. The Morgan fingerprint density at radius 1 is 0.811 bits per heavy atom. The maximum atomic E-state index is 13.3. The Bertz CT molecular complexity index is 1380. The van der Waals surface area contributed by atoms with Gasteiger partial charge in [0, 0.05) is 11.8 Å². The second kappa shape index (κ2) is 12.2. The van der Waals surface area contributed by atoms with Crippen molar-refractivity contribution >= 4 is 52.1 Å². The molecule has 2 amide bonds. The lowest BCUT2D eigenvalue weighted by Gasteiger charge is -2.19. The lowest BCUT2D eigenvalue weighted by Crippen LogP contribution is -2.37. The number of carbonyl (C=O) groups excluding carboxylic acids is 2. The van der Waals surface area contributed by atoms with E-state index in [0.717, 1.165) is 11.1 Å². The number of anilines is 2. The van der Waals surface area contributed by atoms with Crippen molar-refractivity contribution in [2.45, 2.75) is 5.92 Å². The summed E-state index contributed by atoms with van der Waals surface area (Å²) >= 11 is 11.6. The van der Waals surface area contributed by atoms with Crippen LogP contribution in [0.1, 0.15) is 27.4 Å². The first kappa shape index (κ1) is 25.9. The number of nitrogens with one attached hydrogen (secondary N) is 3. The van der Waals surface area contributed by atoms with Crippen LogP contribution in [-0.2, 0) is 4.79 Å². The average molecular weight is 530 g/mol. The molecule has 4 aromatic rings. The van der Waals surface area contributed by atoms with Crippen LogP contribution in [0.4, 0.5) is 11.4 Å². The summed E-state index contributed by atoms with van der Waals surface area (Å²) in [6.07, 6.45) is 0. The van der Waals surface area contributed by atoms with Gasteiger partial charge in [0.05, 0.1) is 29.3 Å². The van der Waals surface area contributed by atoms with Crippen LogP contribution in [-0.4, -0.2) is 24.0 Å². The van der Waals surface area contributed by atoms with E-state index in [1.807, 2.05) is 60.7 Å². The van der Waals surface area contributed by atoms with Gasteiger partial charge in [0.1, 0.15) is 5.75 Å². The van der Waals surface area contributed by atoms with E-state index in [0.29, 0.717) is 27.7 Å². The van der Waals surface area contributed by atoms with E-state index in [-0.39, 0.29) is 16.9 Å². The zero-order chi connectivity index (χ0) is 26.2. The fourth-order valence-electron chi connectivity index (χ4n) is 3.84. The van der Waals surface area contributed by atoms with Gasteiger partial charge in [-0.1, -0.05) is 84.4 Å². The molecule has 0 heterocycles. The Labute approximate surface area is 225 Å². The number of hydrogen-bond donors (Lipinski definition) is 3. The first-order valence-electron chi connectivity index (χ1n) is 11.4. The van der Waals surface area contributed by atoms with E-state index in [4.69, 9.17) is 28.6 Å². The van der Waals surface area contributed by atoms with Crippen LogP contribution in [0.15, 0.2) is 103 Å². The molecule has 0 saturated heterocycles. The smallest absolute Gasteiger partial charge is 0.257 e. The Morgan fingerprint density at radius 3 is 2.00 bits per heavy atom. The van der Waals surface area contributed by atoms with Gasteiger partial charge in [0.15, 0.2) is 5.11 Å². The summed E-state index contributed by atoms with van der Waals surface area (Å²) in [5.41, 5.74) is 3.10. The number of benzene rings is 4. The number of halogens is 1. The largest absolute Gasteiger partial charge is 0.494 e. The minimum Gasteiger partial charge on any atom is -0.494 e. The van der Waals surface area contributed by atoms with Gasteiger partial charge in [0.25, 0.3) is 5.91 Å². The van der Waals surface area contributed by atoms with Gasteiger partial charge in [-0.2, -0.15) is 0 Å². The fraction of sp³-hybridized carbons (Fsp3) is 0.0690. The summed E-state index contributed by atoms with van der Waals surface area (Å²) in [5.74, 6) is -0.740. The van der Waals surface area contributed by atoms with Crippen LogP contribution in [0, 0.1) is 0 Å². The molecule has 0 radical (unpaired) electrons. The molecule has 8 heteroatoms. The number of amides is 2. The van der Waals surface area contributed by atoms with E-state index in [1.165, 1.54) is 7.11 Å². The van der Waals surface area contributed by atoms with Gasteiger partial charge in [-0.3, -0.25) is 9.59 Å². The van der Waals surface area contributed by atoms with Crippen molar-refractivity contribution in [2.75, 3.05) is 17.7 Å². The number of thiocarbonyl (C=S) groups is 1. The summed E-state index contributed by atoms with van der Waals surface area (Å²) < 4.78 is 5.45. The van der Waals surface area contributed by atoms with Crippen molar-refractivity contribution in [1.29, 1.82) is 0 Å². The quantitative estimate of drug-likeness (QED) is 0.247. The normalized spacial score (nSPS) is 10.5. The van der Waals surface area contributed by atoms with Gasteiger partial charge in [-0.15, -0.1) is 0 Å². The van der Waals surface area contributed by atoms with Crippen LogP contribution in [0.25, 0.3) is 0 Å². The molecule has 4 rings (SSSR count). The second-order valence-corrected chi connectivity index (χ2v) is 8.86. The van der Waals surface area contributed by atoms with Crippen molar-refractivity contribution < 1.29 is 14.3 Å². The standard InChI is InChI=1S/C29H24ClN3O3S/c1-36-25-18-21(16-17-24(25)32-27(34)22-14-8-9-15-23(22)30)31-29(37)33-28(35)26(19-10-4-2-5-11-19)20-12-6-3-7-13-20/h2-18,26H,1H3,(H,32,34)(H2,31,33,35,37). The molecule has 37 heavy (non-hydrogen) atoms. The van der Waals surface area contributed by atoms with Crippen LogP contribution in [0.3, 0.4) is 0 Å². The predicted octanol–water partition coefficient (Wildman–Crippen LogP) is 6.25. The molecule has 4 aromatic carbocycles. The lowest BCUT2D eigenvalue weighted by atomic mass is 9.90. The summed E-state index contributed by atoms with van der Waals surface area (Å²) in [5, 5.41) is 9.10. The zero-order valence-corrected chi connectivity index (χ0v) is 21.5. The third-order valence-corrected chi connectivity index (χ3v) is 6.12. The molecule has 0 unspecified atom stereocenters. The molecular formula is C29H24ClN3O3S. The lowest BCUT2D eigenvalue weighted by molar-refractivity contribution is -0.120. The Balaban J connectivity index is 1.46. The maximum Gasteiger partial charge on any atom is 0.257 e. The third kappa shape index (κ3) is 6.52. The minimum atomic E-state index is -0.529. The molecule has 0 aliphatic rings. The maximum absolute atomic E-state index is 13.3. The highest BCUT2D eigenvalue weighted by molar-refractivity contribution is 7.80. The van der Waals surface area contributed by atoms with E-state index in [9.17, 15) is 9.59 Å².